The maximum atomic E-state index is 10.5. The molecule has 0 aromatic carbocycles. The van der Waals surface area contributed by atoms with Gasteiger partial charge in [-0.1, -0.05) is 40.5 Å². The smallest absolute Gasteiger partial charge is 0.0655 e. The van der Waals surface area contributed by atoms with E-state index in [9.17, 15) is 5.11 Å². The van der Waals surface area contributed by atoms with Crippen molar-refractivity contribution in [2.24, 2.45) is 11.3 Å². The Kier molecular flexibility index (Phi) is 3.63. The lowest BCUT2D eigenvalue weighted by Gasteiger charge is -2.42. The van der Waals surface area contributed by atoms with E-state index in [2.05, 4.69) is 27.7 Å². The van der Waals surface area contributed by atoms with E-state index in [0.717, 1.165) is 19.3 Å². The van der Waals surface area contributed by atoms with Crippen molar-refractivity contribution in [2.45, 2.75) is 71.8 Å². The second kappa shape index (κ2) is 4.22. The molecule has 0 spiro atoms. The first-order valence-electron chi connectivity index (χ1n) is 6.09. The molecular weight excluding hydrogens is 172 g/mol. The van der Waals surface area contributed by atoms with Crippen molar-refractivity contribution >= 4 is 0 Å². The van der Waals surface area contributed by atoms with Crippen molar-refractivity contribution in [1.29, 1.82) is 0 Å². The predicted octanol–water partition coefficient (Wildman–Crippen LogP) is 3.75. The molecule has 1 nitrogen and oxygen atoms in total. The van der Waals surface area contributed by atoms with Crippen LogP contribution in [0.5, 0.6) is 0 Å². The van der Waals surface area contributed by atoms with Crippen molar-refractivity contribution in [2.75, 3.05) is 0 Å². The molecule has 1 saturated carbocycles. The van der Waals surface area contributed by atoms with Crippen LogP contribution < -0.4 is 0 Å². The molecule has 1 aliphatic rings. The van der Waals surface area contributed by atoms with Gasteiger partial charge >= 0.3 is 0 Å². The van der Waals surface area contributed by atoms with E-state index in [-0.39, 0.29) is 5.60 Å². The summed E-state index contributed by atoms with van der Waals surface area (Å²) >= 11 is 0. The molecule has 14 heavy (non-hydrogen) atoms. The van der Waals surface area contributed by atoms with Gasteiger partial charge in [-0.3, -0.25) is 0 Å². The quantitative estimate of drug-likeness (QED) is 0.732. The molecule has 0 bridgehead atoms. The highest BCUT2D eigenvalue weighted by molar-refractivity contribution is 4.91. The fourth-order valence-corrected chi connectivity index (χ4v) is 2.93. The van der Waals surface area contributed by atoms with Crippen LogP contribution in [0.2, 0.25) is 0 Å². The lowest BCUT2D eigenvalue weighted by Crippen LogP contribution is -2.40. The van der Waals surface area contributed by atoms with E-state index >= 15 is 0 Å². The highest BCUT2D eigenvalue weighted by Crippen LogP contribution is 2.43. The summed E-state index contributed by atoms with van der Waals surface area (Å²) < 4.78 is 0. The minimum atomic E-state index is -0.364. The molecule has 1 fully saturated rings. The summed E-state index contributed by atoms with van der Waals surface area (Å²) in [6.07, 6.45) is 6.65. The molecule has 0 aromatic rings. The molecule has 1 N–H and O–H groups in total. The third-order valence-corrected chi connectivity index (χ3v) is 3.73. The van der Waals surface area contributed by atoms with Crippen LogP contribution in [0.25, 0.3) is 0 Å². The van der Waals surface area contributed by atoms with Gasteiger partial charge in [0.15, 0.2) is 0 Å². The van der Waals surface area contributed by atoms with Gasteiger partial charge in [0.1, 0.15) is 0 Å². The Morgan fingerprint density at radius 1 is 1.29 bits per heavy atom. The number of aliphatic hydroxyl groups is 1. The Morgan fingerprint density at radius 2 is 1.93 bits per heavy atom. The molecule has 1 rings (SSSR count). The molecule has 1 heteroatoms. The van der Waals surface area contributed by atoms with E-state index in [1.54, 1.807) is 0 Å². The zero-order valence-electron chi connectivity index (χ0n) is 10.3. The topological polar surface area (TPSA) is 20.2 Å². The van der Waals surface area contributed by atoms with Crippen molar-refractivity contribution in [3.63, 3.8) is 0 Å². The van der Waals surface area contributed by atoms with Crippen LogP contribution in [0.15, 0.2) is 0 Å². The standard InChI is InChI=1S/C13H26O/c1-5-11(2)9-13(14)8-6-7-12(3,4)10-13/h11,14H,5-10H2,1-4H3. The summed E-state index contributed by atoms with van der Waals surface area (Å²) in [7, 11) is 0. The van der Waals surface area contributed by atoms with Crippen LogP contribution in [-0.2, 0) is 0 Å². The van der Waals surface area contributed by atoms with Crippen molar-refractivity contribution in [3.05, 3.63) is 0 Å². The van der Waals surface area contributed by atoms with Gasteiger partial charge in [0.05, 0.1) is 5.60 Å². The minimum absolute atomic E-state index is 0.348. The summed E-state index contributed by atoms with van der Waals surface area (Å²) in [6.45, 7) is 9.03. The van der Waals surface area contributed by atoms with Crippen molar-refractivity contribution < 1.29 is 5.11 Å². The lowest BCUT2D eigenvalue weighted by atomic mass is 9.67. The van der Waals surface area contributed by atoms with Gasteiger partial charge in [-0.05, 0) is 37.0 Å². The maximum absolute atomic E-state index is 10.5. The molecule has 0 radical (unpaired) electrons. The largest absolute Gasteiger partial charge is 0.390 e. The van der Waals surface area contributed by atoms with Gasteiger partial charge in [0.2, 0.25) is 0 Å². The summed E-state index contributed by atoms with van der Waals surface area (Å²) in [5.74, 6) is 0.661. The minimum Gasteiger partial charge on any atom is -0.390 e. The highest BCUT2D eigenvalue weighted by Gasteiger charge is 2.38. The SMILES string of the molecule is CCC(C)CC1(O)CCCC(C)(C)C1. The summed E-state index contributed by atoms with van der Waals surface area (Å²) in [6, 6.07) is 0. The van der Waals surface area contributed by atoms with Crippen molar-refractivity contribution in [1.82, 2.24) is 0 Å². The van der Waals surface area contributed by atoms with Crippen LogP contribution in [0, 0.1) is 11.3 Å². The Bertz CT molecular complexity index is 186. The summed E-state index contributed by atoms with van der Waals surface area (Å²) in [5, 5.41) is 10.5. The van der Waals surface area contributed by atoms with Crippen LogP contribution in [0.3, 0.4) is 0 Å². The van der Waals surface area contributed by atoms with Gasteiger partial charge < -0.3 is 5.11 Å². The van der Waals surface area contributed by atoms with E-state index in [0.29, 0.717) is 11.3 Å². The monoisotopic (exact) mass is 198 g/mol. The van der Waals surface area contributed by atoms with E-state index in [1.807, 2.05) is 0 Å². The van der Waals surface area contributed by atoms with E-state index in [4.69, 9.17) is 0 Å². The number of rotatable bonds is 3. The first kappa shape index (κ1) is 12.0. The van der Waals surface area contributed by atoms with Gasteiger partial charge in [-0.25, -0.2) is 0 Å². The average Bonchev–Trinajstić information content (AvgIpc) is 2.00. The van der Waals surface area contributed by atoms with Gasteiger partial charge in [-0.15, -0.1) is 0 Å². The Labute approximate surface area is 88.9 Å². The molecule has 0 aromatic heterocycles. The Balaban J connectivity index is 2.55. The van der Waals surface area contributed by atoms with Crippen molar-refractivity contribution in [3.8, 4) is 0 Å². The second-order valence-electron chi connectivity index (χ2n) is 6.14. The third kappa shape index (κ3) is 3.27. The van der Waals surface area contributed by atoms with Gasteiger partial charge in [0, 0.05) is 0 Å². The molecule has 1 aliphatic carbocycles. The summed E-state index contributed by atoms with van der Waals surface area (Å²) in [4.78, 5) is 0. The molecule has 2 atom stereocenters. The third-order valence-electron chi connectivity index (χ3n) is 3.73. The van der Waals surface area contributed by atoms with E-state index < -0.39 is 0 Å². The normalized spacial score (nSPS) is 34.1. The van der Waals surface area contributed by atoms with Crippen LogP contribution in [-0.4, -0.2) is 10.7 Å². The number of hydrogen-bond donors (Lipinski definition) is 1. The summed E-state index contributed by atoms with van der Waals surface area (Å²) in [5.41, 5.74) is -0.0162. The fourth-order valence-electron chi connectivity index (χ4n) is 2.93. The lowest BCUT2D eigenvalue weighted by molar-refractivity contribution is -0.0545. The first-order valence-corrected chi connectivity index (χ1v) is 6.09. The molecule has 2 unspecified atom stereocenters. The fraction of sp³-hybridized carbons (Fsp3) is 1.00. The zero-order chi connectivity index (χ0) is 10.8. The predicted molar refractivity (Wildman–Crippen MR) is 61.3 cm³/mol. The first-order chi connectivity index (χ1) is 6.37. The molecule has 0 aliphatic heterocycles. The van der Waals surface area contributed by atoms with E-state index in [1.165, 1.54) is 19.3 Å². The molecular formula is C13H26O. The second-order valence-corrected chi connectivity index (χ2v) is 6.14. The molecule has 0 amide bonds. The molecule has 0 saturated heterocycles. The highest BCUT2D eigenvalue weighted by atomic mass is 16.3. The van der Waals surface area contributed by atoms with Crippen LogP contribution in [0.4, 0.5) is 0 Å². The Morgan fingerprint density at radius 3 is 2.43 bits per heavy atom. The van der Waals surface area contributed by atoms with Crippen LogP contribution >= 0.6 is 0 Å². The maximum Gasteiger partial charge on any atom is 0.0655 e. The number of hydrogen-bond acceptors (Lipinski definition) is 1. The molecule has 0 heterocycles. The molecule has 84 valence electrons. The average molecular weight is 198 g/mol. The Hall–Kier alpha value is -0.0400. The van der Waals surface area contributed by atoms with Gasteiger partial charge in [-0.2, -0.15) is 0 Å². The van der Waals surface area contributed by atoms with Gasteiger partial charge in [0.25, 0.3) is 0 Å². The zero-order valence-corrected chi connectivity index (χ0v) is 10.3. The van der Waals surface area contributed by atoms with Crippen LogP contribution in [0.1, 0.15) is 66.2 Å².